The van der Waals surface area contributed by atoms with Gasteiger partial charge in [-0.1, -0.05) is 17.7 Å². The van der Waals surface area contributed by atoms with Gasteiger partial charge in [-0.2, -0.15) is 0 Å². The number of nitrogens with one attached hydrogen (secondary N) is 3. The summed E-state index contributed by atoms with van der Waals surface area (Å²) in [4.78, 5) is 33.8. The van der Waals surface area contributed by atoms with Gasteiger partial charge in [0.05, 0.1) is 4.92 Å². The number of nitro groups is 1. The maximum Gasteiger partial charge on any atom is 0.269 e. The van der Waals surface area contributed by atoms with Crippen molar-refractivity contribution in [3.63, 3.8) is 0 Å². The molecule has 27 heavy (non-hydrogen) atoms. The van der Waals surface area contributed by atoms with E-state index in [9.17, 15) is 19.7 Å². The first kappa shape index (κ1) is 19.8. The van der Waals surface area contributed by atoms with Crippen molar-refractivity contribution in [2.75, 3.05) is 6.61 Å². The van der Waals surface area contributed by atoms with Gasteiger partial charge in [-0.25, -0.2) is 0 Å². The summed E-state index contributed by atoms with van der Waals surface area (Å²) in [5.74, 6) is -0.671. The van der Waals surface area contributed by atoms with Gasteiger partial charge in [-0.3, -0.25) is 35.9 Å². The Morgan fingerprint density at radius 1 is 1.15 bits per heavy atom. The number of non-ortho nitro benzene ring substituents is 1. The fourth-order valence-electron chi connectivity index (χ4n) is 1.98. The minimum Gasteiger partial charge on any atom is -0.484 e. The van der Waals surface area contributed by atoms with Crippen LogP contribution in [-0.4, -0.2) is 28.5 Å². The molecule has 0 atom stereocenters. The maximum absolute atomic E-state index is 12.0. The predicted octanol–water partition coefficient (Wildman–Crippen LogP) is 1.62. The molecule has 10 heteroatoms. The monoisotopic (exact) mass is 388 g/mol. The number of aryl methyl sites for hydroxylation is 1. The quantitative estimate of drug-likeness (QED) is 0.404. The van der Waals surface area contributed by atoms with Crippen LogP contribution in [0.4, 0.5) is 5.69 Å². The fourth-order valence-corrected chi connectivity index (χ4v) is 2.14. The van der Waals surface area contributed by atoms with Crippen LogP contribution in [0, 0.1) is 17.0 Å². The lowest BCUT2D eigenvalue weighted by Crippen LogP contribution is -2.49. The molecule has 2 rings (SSSR count). The van der Waals surface area contributed by atoms with Gasteiger partial charge < -0.3 is 4.74 Å². The Balaban J connectivity index is 1.74. The summed E-state index contributed by atoms with van der Waals surface area (Å²) in [5.41, 5.74) is 6.08. The summed E-state index contributed by atoms with van der Waals surface area (Å²) in [6, 6.07) is 12.2. The molecule has 3 N–H and O–H groups in total. The summed E-state index contributed by atoms with van der Waals surface area (Å²) < 4.78 is 5.20. The van der Waals surface area contributed by atoms with Gasteiger partial charge in [0.1, 0.15) is 5.75 Å². The van der Waals surface area contributed by atoms with Gasteiger partial charge >= 0.3 is 0 Å². The van der Waals surface area contributed by atoms with Gasteiger partial charge in [-0.15, -0.1) is 0 Å². The zero-order chi connectivity index (χ0) is 19.8. The van der Waals surface area contributed by atoms with Crippen molar-refractivity contribution in [2.24, 2.45) is 0 Å². The van der Waals surface area contributed by atoms with E-state index in [4.69, 9.17) is 17.0 Å². The molecule has 0 fully saturated rings. The molecule has 0 bridgehead atoms. The zero-order valence-electron chi connectivity index (χ0n) is 14.2. The summed E-state index contributed by atoms with van der Waals surface area (Å²) in [6.07, 6.45) is 0. The first-order chi connectivity index (χ1) is 12.8. The highest BCUT2D eigenvalue weighted by molar-refractivity contribution is 7.80. The van der Waals surface area contributed by atoms with Gasteiger partial charge in [0.25, 0.3) is 17.5 Å². The number of carbonyl (C=O) groups is 2. The van der Waals surface area contributed by atoms with E-state index in [0.717, 1.165) is 5.56 Å². The third-order valence-electron chi connectivity index (χ3n) is 3.24. The molecular formula is C17H16N4O5S. The molecule has 0 spiro atoms. The van der Waals surface area contributed by atoms with Gasteiger partial charge in [0, 0.05) is 17.7 Å². The number of hydrazine groups is 1. The molecule has 0 aliphatic carbocycles. The molecular weight excluding hydrogens is 372 g/mol. The molecule has 0 aromatic heterocycles. The first-order valence-corrected chi connectivity index (χ1v) is 8.10. The second kappa shape index (κ2) is 9.25. The van der Waals surface area contributed by atoms with Crippen LogP contribution in [0.3, 0.4) is 0 Å². The van der Waals surface area contributed by atoms with Crippen LogP contribution in [0.5, 0.6) is 5.75 Å². The first-order valence-electron chi connectivity index (χ1n) is 7.69. The molecule has 0 heterocycles. The molecule has 0 saturated carbocycles. The Morgan fingerprint density at radius 3 is 2.48 bits per heavy atom. The van der Waals surface area contributed by atoms with Gasteiger partial charge in [0.2, 0.25) is 0 Å². The number of ether oxygens (including phenoxy) is 1. The smallest absolute Gasteiger partial charge is 0.269 e. The number of rotatable bonds is 5. The lowest BCUT2D eigenvalue weighted by Gasteiger charge is -2.11. The topological polar surface area (TPSA) is 123 Å². The molecule has 0 saturated heterocycles. The number of carbonyl (C=O) groups excluding carboxylic acids is 2. The van der Waals surface area contributed by atoms with Crippen LogP contribution >= 0.6 is 12.2 Å². The molecule has 0 unspecified atom stereocenters. The summed E-state index contributed by atoms with van der Waals surface area (Å²) >= 11 is 4.91. The lowest BCUT2D eigenvalue weighted by atomic mass is 10.1. The Hall–Kier alpha value is -3.53. The number of amides is 2. The van der Waals surface area contributed by atoms with E-state index < -0.39 is 16.7 Å². The SMILES string of the molecule is Cc1cccc(C(=O)NNC(=S)NC(=O)COc2ccc([N+](=O)[O-])cc2)c1. The molecule has 0 radical (unpaired) electrons. The molecule has 2 aromatic rings. The third kappa shape index (κ3) is 6.36. The normalized spacial score (nSPS) is 9.81. The number of thiocarbonyl (C=S) groups is 1. The van der Waals surface area contributed by atoms with Crippen LogP contribution < -0.4 is 20.9 Å². The van der Waals surface area contributed by atoms with E-state index in [1.54, 1.807) is 18.2 Å². The molecule has 2 amide bonds. The number of nitrogens with zero attached hydrogens (tertiary/aromatic N) is 1. The highest BCUT2D eigenvalue weighted by Crippen LogP contribution is 2.16. The van der Waals surface area contributed by atoms with Crippen molar-refractivity contribution in [3.05, 3.63) is 69.8 Å². The van der Waals surface area contributed by atoms with E-state index in [2.05, 4.69) is 16.2 Å². The van der Waals surface area contributed by atoms with Crippen molar-refractivity contribution in [3.8, 4) is 5.75 Å². The predicted molar refractivity (Wildman–Crippen MR) is 101 cm³/mol. The largest absolute Gasteiger partial charge is 0.484 e. The van der Waals surface area contributed by atoms with Crippen LogP contribution in [-0.2, 0) is 4.79 Å². The molecule has 9 nitrogen and oxygen atoms in total. The minimum atomic E-state index is -0.560. The van der Waals surface area contributed by atoms with E-state index in [1.165, 1.54) is 24.3 Å². The molecule has 0 aliphatic heterocycles. The standard InChI is InChI=1S/C17H16N4O5S/c1-11-3-2-4-12(9-11)16(23)19-20-17(27)18-15(22)10-26-14-7-5-13(6-8-14)21(24)25/h2-9H,10H2,1H3,(H,19,23)(H2,18,20,22,27). The molecule has 2 aromatic carbocycles. The number of nitro benzene ring substituents is 1. The van der Waals surface area contributed by atoms with Crippen molar-refractivity contribution in [1.82, 2.24) is 16.2 Å². The summed E-state index contributed by atoms with van der Waals surface area (Å²) in [6.45, 7) is 1.51. The Labute approximate surface area is 159 Å². The summed E-state index contributed by atoms with van der Waals surface area (Å²) in [5, 5.41) is 12.8. The average Bonchev–Trinajstić information content (AvgIpc) is 2.64. The van der Waals surface area contributed by atoms with Crippen LogP contribution in [0.25, 0.3) is 0 Å². The second-order valence-corrected chi connectivity index (χ2v) is 5.77. The van der Waals surface area contributed by atoms with Crippen molar-refractivity contribution < 1.29 is 19.2 Å². The van der Waals surface area contributed by atoms with Crippen LogP contribution in [0.15, 0.2) is 48.5 Å². The van der Waals surface area contributed by atoms with Crippen molar-refractivity contribution in [1.29, 1.82) is 0 Å². The van der Waals surface area contributed by atoms with Crippen LogP contribution in [0.1, 0.15) is 15.9 Å². The lowest BCUT2D eigenvalue weighted by molar-refractivity contribution is -0.384. The maximum atomic E-state index is 12.0. The molecule has 140 valence electrons. The fraction of sp³-hybridized carbons (Fsp3) is 0.118. The number of benzene rings is 2. The molecule has 0 aliphatic rings. The van der Waals surface area contributed by atoms with Gasteiger partial charge in [0.15, 0.2) is 11.7 Å². The van der Waals surface area contributed by atoms with E-state index in [-0.39, 0.29) is 17.4 Å². The highest BCUT2D eigenvalue weighted by atomic mass is 32.1. The van der Waals surface area contributed by atoms with Crippen LogP contribution in [0.2, 0.25) is 0 Å². The second-order valence-electron chi connectivity index (χ2n) is 5.37. The highest BCUT2D eigenvalue weighted by Gasteiger charge is 2.09. The minimum absolute atomic E-state index is 0.0819. The number of hydrogen-bond acceptors (Lipinski definition) is 6. The van der Waals surface area contributed by atoms with Crippen molar-refractivity contribution >= 4 is 34.8 Å². The Morgan fingerprint density at radius 2 is 1.85 bits per heavy atom. The Bertz CT molecular complexity index is 870. The van der Waals surface area contributed by atoms with Crippen molar-refractivity contribution in [2.45, 2.75) is 6.92 Å². The Kier molecular flexibility index (Phi) is 6.78. The third-order valence-corrected chi connectivity index (χ3v) is 3.44. The average molecular weight is 388 g/mol. The zero-order valence-corrected chi connectivity index (χ0v) is 15.0. The summed E-state index contributed by atoms with van der Waals surface area (Å²) in [7, 11) is 0. The van der Waals surface area contributed by atoms with E-state index >= 15 is 0 Å². The number of hydrogen-bond donors (Lipinski definition) is 3. The van der Waals surface area contributed by atoms with Gasteiger partial charge in [-0.05, 0) is 43.4 Å². The van der Waals surface area contributed by atoms with E-state index in [1.807, 2.05) is 13.0 Å². The van der Waals surface area contributed by atoms with E-state index in [0.29, 0.717) is 11.3 Å².